The number of hydrogen-bond acceptors (Lipinski definition) is 3. The van der Waals surface area contributed by atoms with E-state index in [1.54, 1.807) is 20.8 Å². The number of ether oxygens (including phenoxy) is 1. The standard InChI is InChI=1S/C20H21F2NO4/c1-20(2,3)27-19(26)23(16-10-8-15(22)9-11-16)17(18(24)25)12-13-4-6-14(21)7-5-13/h4-11,17H,12H2,1-3H3,(H,24,25)/t17-/m0/s1. The van der Waals surface area contributed by atoms with Gasteiger partial charge in [0.1, 0.15) is 23.3 Å². The highest BCUT2D eigenvalue weighted by molar-refractivity contribution is 5.95. The highest BCUT2D eigenvalue weighted by Gasteiger charge is 2.34. The van der Waals surface area contributed by atoms with Crippen LogP contribution in [0.2, 0.25) is 0 Å². The minimum absolute atomic E-state index is 0.0772. The summed E-state index contributed by atoms with van der Waals surface area (Å²) in [4.78, 5) is 25.6. The minimum atomic E-state index is -1.32. The van der Waals surface area contributed by atoms with Gasteiger partial charge in [-0.05, 0) is 62.7 Å². The molecule has 0 spiro atoms. The lowest BCUT2D eigenvalue weighted by Crippen LogP contribution is -2.48. The van der Waals surface area contributed by atoms with Crippen LogP contribution in [0, 0.1) is 11.6 Å². The second kappa shape index (κ2) is 8.16. The first-order valence-electron chi connectivity index (χ1n) is 8.32. The molecule has 0 aliphatic rings. The first-order chi connectivity index (χ1) is 12.6. The molecule has 0 aromatic heterocycles. The van der Waals surface area contributed by atoms with Gasteiger partial charge in [0.25, 0.3) is 0 Å². The topological polar surface area (TPSA) is 66.8 Å². The molecule has 0 saturated carbocycles. The van der Waals surface area contributed by atoms with Gasteiger partial charge in [0.15, 0.2) is 0 Å². The third-order valence-electron chi connectivity index (χ3n) is 3.63. The van der Waals surface area contributed by atoms with E-state index in [1.165, 1.54) is 36.4 Å². The average molecular weight is 377 g/mol. The van der Waals surface area contributed by atoms with Gasteiger partial charge in [-0.15, -0.1) is 0 Å². The van der Waals surface area contributed by atoms with Crippen molar-refractivity contribution in [3.63, 3.8) is 0 Å². The van der Waals surface area contributed by atoms with Crippen molar-refractivity contribution in [2.45, 2.75) is 38.8 Å². The van der Waals surface area contributed by atoms with E-state index in [2.05, 4.69) is 0 Å². The Morgan fingerprint density at radius 2 is 1.48 bits per heavy atom. The SMILES string of the molecule is CC(C)(C)OC(=O)N(c1ccc(F)cc1)[C@@H](Cc1ccc(F)cc1)C(=O)O. The van der Waals surface area contributed by atoms with E-state index in [1.807, 2.05) is 0 Å². The Bertz CT molecular complexity index is 798. The Labute approximate surface area is 156 Å². The minimum Gasteiger partial charge on any atom is -0.480 e. The van der Waals surface area contributed by atoms with Crippen LogP contribution in [0.15, 0.2) is 48.5 Å². The largest absolute Gasteiger partial charge is 0.480 e. The van der Waals surface area contributed by atoms with Crippen molar-refractivity contribution in [2.75, 3.05) is 4.90 Å². The second-order valence-corrected chi connectivity index (χ2v) is 7.01. The fourth-order valence-electron chi connectivity index (χ4n) is 2.46. The molecule has 2 aromatic carbocycles. The van der Waals surface area contributed by atoms with Crippen LogP contribution in [0.3, 0.4) is 0 Å². The van der Waals surface area contributed by atoms with E-state index in [0.717, 1.165) is 17.0 Å². The van der Waals surface area contributed by atoms with E-state index in [4.69, 9.17) is 4.74 Å². The Balaban J connectivity index is 2.43. The summed E-state index contributed by atoms with van der Waals surface area (Å²) in [5.74, 6) is -2.24. The van der Waals surface area contributed by atoms with Crippen LogP contribution in [0.5, 0.6) is 0 Å². The maximum atomic E-state index is 13.3. The Morgan fingerprint density at radius 1 is 1.00 bits per heavy atom. The molecule has 0 fully saturated rings. The lowest BCUT2D eigenvalue weighted by molar-refractivity contribution is -0.138. The van der Waals surface area contributed by atoms with Crippen molar-refractivity contribution in [3.8, 4) is 0 Å². The van der Waals surface area contributed by atoms with Crippen molar-refractivity contribution in [3.05, 3.63) is 65.7 Å². The zero-order valence-electron chi connectivity index (χ0n) is 15.3. The molecule has 0 heterocycles. The summed E-state index contributed by atoms with van der Waals surface area (Å²) in [6, 6.07) is 8.86. The van der Waals surface area contributed by atoms with Crippen LogP contribution >= 0.6 is 0 Å². The summed E-state index contributed by atoms with van der Waals surface area (Å²) in [7, 11) is 0. The number of carboxylic acids is 1. The molecule has 0 radical (unpaired) electrons. The van der Waals surface area contributed by atoms with Crippen LogP contribution < -0.4 is 4.90 Å². The molecule has 0 aliphatic heterocycles. The van der Waals surface area contributed by atoms with Crippen molar-refractivity contribution >= 4 is 17.7 Å². The Kier molecular flexibility index (Phi) is 6.15. The van der Waals surface area contributed by atoms with E-state index in [-0.39, 0.29) is 12.1 Å². The van der Waals surface area contributed by atoms with Gasteiger partial charge in [-0.25, -0.2) is 18.4 Å². The third kappa shape index (κ3) is 5.77. The summed E-state index contributed by atoms with van der Waals surface area (Å²) < 4.78 is 31.7. The van der Waals surface area contributed by atoms with Crippen LogP contribution in [0.1, 0.15) is 26.3 Å². The molecular formula is C20H21F2NO4. The molecule has 0 aliphatic carbocycles. The van der Waals surface area contributed by atoms with Crippen molar-refractivity contribution in [2.24, 2.45) is 0 Å². The van der Waals surface area contributed by atoms with Gasteiger partial charge >= 0.3 is 12.1 Å². The fraction of sp³-hybridized carbons (Fsp3) is 0.300. The molecule has 1 N–H and O–H groups in total. The summed E-state index contributed by atoms with van der Waals surface area (Å²) in [5.41, 5.74) is -0.145. The number of nitrogens with zero attached hydrogens (tertiary/aromatic N) is 1. The molecule has 27 heavy (non-hydrogen) atoms. The number of anilines is 1. The van der Waals surface area contributed by atoms with Crippen molar-refractivity contribution < 1.29 is 28.2 Å². The number of carbonyl (C=O) groups excluding carboxylic acids is 1. The number of hydrogen-bond donors (Lipinski definition) is 1. The zero-order valence-corrected chi connectivity index (χ0v) is 15.3. The second-order valence-electron chi connectivity index (χ2n) is 7.01. The van der Waals surface area contributed by atoms with Crippen molar-refractivity contribution in [1.82, 2.24) is 0 Å². The number of amides is 1. The fourth-order valence-corrected chi connectivity index (χ4v) is 2.46. The molecule has 2 aromatic rings. The van der Waals surface area contributed by atoms with E-state index in [0.29, 0.717) is 5.56 Å². The quantitative estimate of drug-likeness (QED) is 0.839. The molecule has 5 nitrogen and oxygen atoms in total. The molecule has 1 amide bonds. The predicted molar refractivity (Wildman–Crippen MR) is 96.6 cm³/mol. The van der Waals surface area contributed by atoms with E-state index < -0.39 is 35.3 Å². The van der Waals surface area contributed by atoms with Gasteiger partial charge in [0, 0.05) is 12.1 Å². The van der Waals surface area contributed by atoms with E-state index in [9.17, 15) is 23.5 Å². The molecular weight excluding hydrogens is 356 g/mol. The molecule has 1 atom stereocenters. The number of halogens is 2. The molecule has 0 bridgehead atoms. The summed E-state index contributed by atoms with van der Waals surface area (Å²) in [6.07, 6.45) is -0.949. The lowest BCUT2D eigenvalue weighted by Gasteiger charge is -2.31. The van der Waals surface area contributed by atoms with Gasteiger partial charge < -0.3 is 9.84 Å². The molecule has 144 valence electrons. The summed E-state index contributed by atoms with van der Waals surface area (Å²) >= 11 is 0. The number of carboxylic acid groups (broad SMARTS) is 1. The maximum absolute atomic E-state index is 13.3. The van der Waals surface area contributed by atoms with Crippen LogP contribution in [-0.2, 0) is 16.0 Å². The van der Waals surface area contributed by atoms with E-state index >= 15 is 0 Å². The monoisotopic (exact) mass is 377 g/mol. The third-order valence-corrected chi connectivity index (χ3v) is 3.63. The number of aliphatic carboxylic acids is 1. The summed E-state index contributed by atoms with van der Waals surface area (Å²) in [5, 5.41) is 9.73. The number of carbonyl (C=O) groups is 2. The number of rotatable bonds is 5. The first kappa shape index (κ1) is 20.4. The van der Waals surface area contributed by atoms with Crippen LogP contribution in [-0.4, -0.2) is 28.8 Å². The smallest absolute Gasteiger partial charge is 0.415 e. The highest BCUT2D eigenvalue weighted by Crippen LogP contribution is 2.24. The summed E-state index contributed by atoms with van der Waals surface area (Å²) in [6.45, 7) is 4.97. The maximum Gasteiger partial charge on any atom is 0.415 e. The van der Waals surface area contributed by atoms with Crippen LogP contribution in [0.4, 0.5) is 19.3 Å². The van der Waals surface area contributed by atoms with Gasteiger partial charge in [-0.1, -0.05) is 12.1 Å². The lowest BCUT2D eigenvalue weighted by atomic mass is 10.0. The first-order valence-corrected chi connectivity index (χ1v) is 8.32. The highest BCUT2D eigenvalue weighted by atomic mass is 19.1. The molecule has 0 saturated heterocycles. The van der Waals surface area contributed by atoms with Crippen molar-refractivity contribution in [1.29, 1.82) is 0 Å². The molecule has 0 unspecified atom stereocenters. The average Bonchev–Trinajstić information content (AvgIpc) is 2.56. The van der Waals surface area contributed by atoms with Gasteiger partial charge in [-0.2, -0.15) is 0 Å². The Morgan fingerprint density at radius 3 is 1.93 bits per heavy atom. The molecule has 2 rings (SSSR count). The van der Waals surface area contributed by atoms with Gasteiger partial charge in [0.2, 0.25) is 0 Å². The predicted octanol–water partition coefficient (Wildman–Crippen LogP) is 4.40. The van der Waals surface area contributed by atoms with Gasteiger partial charge in [0.05, 0.1) is 0 Å². The Hall–Kier alpha value is -2.96. The normalized spacial score (nSPS) is 12.3. The number of benzene rings is 2. The zero-order chi connectivity index (χ0) is 20.2. The van der Waals surface area contributed by atoms with Gasteiger partial charge in [-0.3, -0.25) is 4.90 Å². The van der Waals surface area contributed by atoms with Crippen LogP contribution in [0.25, 0.3) is 0 Å². The molecule has 7 heteroatoms.